The van der Waals surface area contributed by atoms with Crippen LogP contribution in [0.25, 0.3) is 11.3 Å². The lowest BCUT2D eigenvalue weighted by Gasteiger charge is -2.06. The molecule has 2 aromatic carbocycles. The van der Waals surface area contributed by atoms with Gasteiger partial charge in [0.15, 0.2) is 17.3 Å². The highest BCUT2D eigenvalue weighted by Gasteiger charge is 2.30. The van der Waals surface area contributed by atoms with Gasteiger partial charge >= 0.3 is 12.2 Å². The molecule has 8 nitrogen and oxygen atoms in total. The summed E-state index contributed by atoms with van der Waals surface area (Å²) in [6, 6.07) is 16.8. The first-order valence-electron chi connectivity index (χ1n) is 9.59. The molecule has 2 N–H and O–H groups in total. The van der Waals surface area contributed by atoms with Gasteiger partial charge in [-0.3, -0.25) is 14.9 Å². The molecule has 0 aliphatic carbocycles. The Balaban J connectivity index is 1.33. The summed E-state index contributed by atoms with van der Waals surface area (Å²) >= 11 is 0. The zero-order chi connectivity index (χ0) is 23.3. The van der Waals surface area contributed by atoms with E-state index >= 15 is 0 Å². The van der Waals surface area contributed by atoms with E-state index in [1.165, 1.54) is 30.5 Å². The number of benzene rings is 2. The second kappa shape index (κ2) is 9.49. The Morgan fingerprint density at radius 2 is 1.73 bits per heavy atom. The van der Waals surface area contributed by atoms with Crippen LogP contribution in [0.2, 0.25) is 0 Å². The van der Waals surface area contributed by atoms with Gasteiger partial charge in [-0.2, -0.15) is 13.2 Å². The van der Waals surface area contributed by atoms with Crippen molar-refractivity contribution in [1.29, 1.82) is 0 Å². The van der Waals surface area contributed by atoms with E-state index in [4.69, 9.17) is 9.25 Å². The molecular weight excluding hydrogens is 439 g/mol. The molecule has 2 heterocycles. The van der Waals surface area contributed by atoms with Crippen LogP contribution in [0.3, 0.4) is 0 Å². The number of amides is 1. The summed E-state index contributed by atoms with van der Waals surface area (Å²) < 4.78 is 43.6. The number of hydrogen-bond acceptors (Lipinski definition) is 7. The Kier molecular flexibility index (Phi) is 6.31. The first kappa shape index (κ1) is 22.0. The molecule has 4 rings (SSSR count). The maximum Gasteiger partial charge on any atom is 0.416 e. The van der Waals surface area contributed by atoms with Gasteiger partial charge < -0.3 is 4.42 Å². The van der Waals surface area contributed by atoms with Gasteiger partial charge in [0.25, 0.3) is 5.91 Å². The molecule has 0 saturated heterocycles. The Morgan fingerprint density at radius 1 is 0.970 bits per heavy atom. The first-order valence-corrected chi connectivity index (χ1v) is 9.59. The molecule has 0 radical (unpaired) electrons. The lowest BCUT2D eigenvalue weighted by molar-refractivity contribution is -0.137. The molecule has 0 fully saturated rings. The smallest absolute Gasteiger partial charge is 0.416 e. The van der Waals surface area contributed by atoms with Crippen LogP contribution in [0.15, 0.2) is 77.3 Å². The van der Waals surface area contributed by atoms with E-state index in [1.54, 1.807) is 0 Å². The van der Waals surface area contributed by atoms with Crippen LogP contribution < -0.4 is 10.8 Å². The van der Waals surface area contributed by atoms with E-state index in [0.717, 1.165) is 17.7 Å². The second-order valence-corrected chi connectivity index (χ2v) is 6.74. The van der Waals surface area contributed by atoms with Crippen molar-refractivity contribution >= 4 is 17.7 Å². The molecule has 33 heavy (non-hydrogen) atoms. The quantitative estimate of drug-likeness (QED) is 0.388. The fourth-order valence-electron chi connectivity index (χ4n) is 2.73. The maximum absolute atomic E-state index is 12.7. The van der Waals surface area contributed by atoms with Gasteiger partial charge in [0.1, 0.15) is 0 Å². The Hall–Kier alpha value is -4.25. The number of alkyl halides is 3. The number of halogens is 3. The molecule has 0 bridgehead atoms. The third-order valence-electron chi connectivity index (χ3n) is 4.38. The van der Waals surface area contributed by atoms with Gasteiger partial charge in [0.05, 0.1) is 18.4 Å². The number of nitrogens with one attached hydrogen (secondary N) is 2. The lowest BCUT2D eigenvalue weighted by atomic mass is 10.1. The highest BCUT2D eigenvalue weighted by molar-refractivity contribution is 5.91. The fourth-order valence-corrected chi connectivity index (χ4v) is 2.73. The number of oxazole rings is 1. The molecule has 1 amide bonds. The molecule has 0 aliphatic rings. The number of rotatable bonds is 7. The number of hydrogen-bond donors (Lipinski definition) is 2. The number of carbonyl (C=O) groups excluding carboxylic acids is 1. The van der Waals surface area contributed by atoms with Crippen molar-refractivity contribution in [2.45, 2.75) is 12.8 Å². The zero-order valence-corrected chi connectivity index (χ0v) is 16.8. The summed E-state index contributed by atoms with van der Waals surface area (Å²) in [6.45, 7) is 0.199. The summed E-state index contributed by atoms with van der Waals surface area (Å²) in [4.78, 5) is 21.3. The van der Waals surface area contributed by atoms with E-state index in [-0.39, 0.29) is 29.9 Å². The summed E-state index contributed by atoms with van der Waals surface area (Å²) in [6.07, 6.45) is -3.05. The average Bonchev–Trinajstić information content (AvgIpc) is 3.28. The first-order chi connectivity index (χ1) is 15.9. The molecular formula is C22H16F3N5O3. The van der Waals surface area contributed by atoms with Crippen molar-refractivity contribution in [3.63, 3.8) is 0 Å². The van der Waals surface area contributed by atoms with Gasteiger partial charge in [-0.1, -0.05) is 42.5 Å². The molecule has 0 spiro atoms. The van der Waals surface area contributed by atoms with Gasteiger partial charge in [0.2, 0.25) is 0 Å². The van der Waals surface area contributed by atoms with Crippen molar-refractivity contribution < 1.29 is 27.2 Å². The van der Waals surface area contributed by atoms with E-state index in [2.05, 4.69) is 26.0 Å². The molecule has 0 saturated carbocycles. The van der Waals surface area contributed by atoms with Crippen molar-refractivity contribution in [2.75, 3.05) is 5.32 Å². The van der Waals surface area contributed by atoms with E-state index in [1.807, 2.05) is 30.3 Å². The minimum atomic E-state index is -4.41. The Labute approximate surface area is 185 Å². The highest BCUT2D eigenvalue weighted by atomic mass is 19.4. The van der Waals surface area contributed by atoms with Crippen molar-refractivity contribution in [1.82, 2.24) is 20.7 Å². The van der Waals surface area contributed by atoms with Crippen molar-refractivity contribution in [3.05, 3.63) is 89.7 Å². The third-order valence-corrected chi connectivity index (χ3v) is 4.38. The predicted molar refractivity (Wildman–Crippen MR) is 111 cm³/mol. The molecule has 2 aromatic heterocycles. The number of aromatic nitrogens is 3. The topological polar surface area (TPSA) is 102 Å². The summed E-state index contributed by atoms with van der Waals surface area (Å²) in [5.74, 6) is -0.0472. The van der Waals surface area contributed by atoms with E-state index in [0.29, 0.717) is 5.56 Å². The summed E-state index contributed by atoms with van der Waals surface area (Å²) in [5, 5.41) is 10.5. The van der Waals surface area contributed by atoms with Gasteiger partial charge in [-0.05, 0) is 29.8 Å². The van der Waals surface area contributed by atoms with Gasteiger partial charge in [-0.25, -0.2) is 10.5 Å². The molecule has 168 valence electrons. The van der Waals surface area contributed by atoms with Crippen LogP contribution in [0, 0.1) is 0 Å². The van der Waals surface area contributed by atoms with Crippen LogP contribution in [0.4, 0.5) is 25.0 Å². The largest absolute Gasteiger partial charge is 0.423 e. The Bertz CT molecular complexity index is 1210. The van der Waals surface area contributed by atoms with Gasteiger partial charge in [-0.15, -0.1) is 10.2 Å². The Morgan fingerprint density at radius 3 is 2.39 bits per heavy atom. The van der Waals surface area contributed by atoms with Crippen LogP contribution in [-0.2, 0) is 17.6 Å². The monoisotopic (exact) mass is 455 g/mol. The normalized spacial score (nSPS) is 11.2. The highest BCUT2D eigenvalue weighted by Crippen LogP contribution is 2.31. The number of hydroxylamine groups is 1. The summed E-state index contributed by atoms with van der Waals surface area (Å²) in [5.41, 5.74) is 2.89. The van der Waals surface area contributed by atoms with Crippen LogP contribution in [0.1, 0.15) is 21.6 Å². The van der Waals surface area contributed by atoms with Crippen LogP contribution in [-0.4, -0.2) is 21.1 Å². The number of carbonyl (C=O) groups is 1. The maximum atomic E-state index is 12.7. The SMILES string of the molecule is O=C(NOCc1ccccc1)c1ccc(Nc2ncc(-c3ccc(C(F)(F)F)cc3)o2)nn1. The minimum absolute atomic E-state index is 0.0338. The van der Waals surface area contributed by atoms with Crippen LogP contribution in [0.5, 0.6) is 0 Å². The molecule has 4 aromatic rings. The zero-order valence-electron chi connectivity index (χ0n) is 16.8. The van der Waals surface area contributed by atoms with Gasteiger partial charge in [0, 0.05) is 5.56 Å². The fraction of sp³-hybridized carbons (Fsp3) is 0.0909. The number of anilines is 2. The van der Waals surface area contributed by atoms with E-state index in [9.17, 15) is 18.0 Å². The lowest BCUT2D eigenvalue weighted by Crippen LogP contribution is -2.24. The van der Waals surface area contributed by atoms with Crippen molar-refractivity contribution in [2.24, 2.45) is 0 Å². The number of nitrogens with zero attached hydrogens (tertiary/aromatic N) is 3. The van der Waals surface area contributed by atoms with Crippen LogP contribution >= 0.6 is 0 Å². The predicted octanol–water partition coefficient (Wildman–Crippen LogP) is 4.76. The molecule has 0 aliphatic heterocycles. The average molecular weight is 455 g/mol. The standard InChI is InChI=1S/C22H16F3N5O3/c23-22(24,25)16-8-6-15(7-9-16)18-12-26-21(33-18)27-19-11-10-17(28-29-19)20(31)30-32-13-14-4-2-1-3-5-14/h1-12H,13H2,(H,30,31)(H,26,27,29). The second-order valence-electron chi connectivity index (χ2n) is 6.74. The third kappa shape index (κ3) is 5.71. The molecule has 0 unspecified atom stereocenters. The minimum Gasteiger partial charge on any atom is -0.423 e. The molecule has 11 heteroatoms. The summed E-state index contributed by atoms with van der Waals surface area (Å²) in [7, 11) is 0. The molecule has 0 atom stereocenters. The van der Waals surface area contributed by atoms with E-state index < -0.39 is 17.6 Å². The van der Waals surface area contributed by atoms with Crippen molar-refractivity contribution in [3.8, 4) is 11.3 Å².